The number of aliphatic hydroxyl groups excluding tert-OH is 8. The van der Waals surface area contributed by atoms with Gasteiger partial charge >= 0.3 is 29.6 Å². The van der Waals surface area contributed by atoms with Gasteiger partial charge in [-0.25, -0.2) is 8.42 Å². The number of nitrogens with two attached hydrogens (primary N) is 2. The third-order valence-electron chi connectivity index (χ3n) is 15.4. The number of nitrogens with zero attached hydrogens (tertiary/aromatic N) is 4. The molecule has 4 heterocycles. The number of carbonyl (C=O) groups excluding carboxylic acids is 8. The fourth-order valence-electron chi connectivity index (χ4n) is 10.7. The van der Waals surface area contributed by atoms with E-state index >= 15 is 0 Å². The maximum Gasteiger partial charge on any atom is 1.00 e. The Morgan fingerprint density at radius 1 is 0.789 bits per heavy atom. The molecular formula is C56H70N9NaO23S. The van der Waals surface area contributed by atoms with Crippen LogP contribution in [0.1, 0.15) is 81.3 Å². The maximum absolute atomic E-state index is 14.5. The van der Waals surface area contributed by atoms with E-state index in [1.807, 2.05) is 5.32 Å². The van der Waals surface area contributed by atoms with Crippen molar-refractivity contribution in [2.24, 2.45) is 17.4 Å². The molecule has 7 rings (SSSR count). The van der Waals surface area contributed by atoms with Crippen molar-refractivity contribution in [1.29, 1.82) is 0 Å². The first-order chi connectivity index (χ1) is 41.9. The average Bonchev–Trinajstić information content (AvgIpc) is 2.38. The van der Waals surface area contributed by atoms with Gasteiger partial charge in [0.2, 0.25) is 41.4 Å². The molecule has 4 aromatic rings. The molecule has 0 spiro atoms. The number of hydrogen-bond acceptors (Lipinski definition) is 24. The van der Waals surface area contributed by atoms with Gasteiger partial charge in [-0.05, 0) is 67.4 Å². The van der Waals surface area contributed by atoms with E-state index in [0.29, 0.717) is 61.8 Å². The van der Waals surface area contributed by atoms with Crippen LogP contribution in [-0.4, -0.2) is 225 Å². The number of likely N-dealkylation sites (tertiary alicyclic amines) is 3. The fraction of sp³-hybridized carbons (Fsp3) is 0.482. The molecule has 32 nitrogen and oxygen atoms in total. The van der Waals surface area contributed by atoms with Gasteiger partial charge in [-0.1, -0.05) is 50.0 Å². The number of carbonyl (C=O) groups is 8. The van der Waals surface area contributed by atoms with Crippen LogP contribution in [0.4, 0.5) is 0 Å². The van der Waals surface area contributed by atoms with Crippen molar-refractivity contribution in [1.82, 2.24) is 35.8 Å². The van der Waals surface area contributed by atoms with Crippen molar-refractivity contribution >= 4 is 57.7 Å². The Bertz CT molecular complexity index is 3360. The van der Waals surface area contributed by atoms with Crippen LogP contribution in [0.2, 0.25) is 0 Å². The largest absolute Gasteiger partial charge is 1.00 e. The second-order valence-electron chi connectivity index (χ2n) is 22.0. The van der Waals surface area contributed by atoms with E-state index in [4.69, 9.17) is 20.7 Å². The Balaban J connectivity index is 0.0000129. The quantitative estimate of drug-likeness (QED) is 0.0120. The minimum absolute atomic E-state index is 0. The standard InChI is InChI=1S/C56H71N9O23S.Na/c1-4-5-6-17-86-32-14-11-28(12-15-32)39-20-33(62-87-39)27-7-9-29(10-8-27)53(79)65-35(21-38(70)54(65)80)51(77)59-42(26(3)66)55(81)63-24-31(67)19-34(63)50(76)61-44(48(74)47(73)30-13-16-36(68)40(18-30)88-89(83,84)85)52(78)60-43(37(69)22-41(57)71)56(82)64-23-25(2)46(72)45(64)49(58)75;/h7-16,18,20,25-26,31,34-35,37-38,42-48,54,66-70,72-74,80H,4-6,17,19,21-24H2,1-3H3,(H2,57,71)(H2,58,75)(H,59,77)(H,60,78)(H,61,76)(H,83,84,85);/q;+1/p-1/t25-,26+,31+,34-,35?,37+,38-,42-,43-,44-,45-,46?,47-,48-,54?;/m0./s1. The summed E-state index contributed by atoms with van der Waals surface area (Å²) >= 11 is 0. The molecule has 3 unspecified atom stereocenters. The molecule has 3 aliphatic rings. The first-order valence-corrected chi connectivity index (χ1v) is 29.4. The van der Waals surface area contributed by atoms with Crippen molar-refractivity contribution in [2.45, 2.75) is 145 Å². The minimum Gasteiger partial charge on any atom is -0.716 e. The SMILES string of the molecule is CCCCCOc1ccc(-c2cc(-c3ccc(C(=O)N4C(C(=O)N[C@H](C(=O)N5C[C@H](O)C[C@H]5C(=O)N[C@H](C(=O)N[C@H](C(=O)N5C[C@H](C)C(O)[C@H]5C(N)=O)[C@H](O)CC(N)=O)[C@H](O)[C@@H](O)c5ccc(O)c(OS(=O)(=O)[O-])c5)[C@@H](C)O)C[C@H](O)C4O)cc3)no2)cc1.[Na+]. The Morgan fingerprint density at radius 2 is 1.41 bits per heavy atom. The molecule has 34 heteroatoms. The van der Waals surface area contributed by atoms with Crippen LogP contribution in [0.5, 0.6) is 17.2 Å². The van der Waals surface area contributed by atoms with Crippen LogP contribution < -0.4 is 65.9 Å². The van der Waals surface area contributed by atoms with Gasteiger partial charge in [0.25, 0.3) is 16.3 Å². The Morgan fingerprint density at radius 3 is 2.02 bits per heavy atom. The second kappa shape index (κ2) is 30.6. The second-order valence-corrected chi connectivity index (χ2v) is 23.0. The Labute approximate surface area is 536 Å². The smallest absolute Gasteiger partial charge is 0.716 e. The van der Waals surface area contributed by atoms with Crippen molar-refractivity contribution in [3.05, 3.63) is 83.9 Å². The number of phenols is 1. The van der Waals surface area contributed by atoms with Gasteiger partial charge in [-0.2, -0.15) is 0 Å². The van der Waals surface area contributed by atoms with Gasteiger partial charge in [0.1, 0.15) is 66.0 Å². The predicted octanol–water partition coefficient (Wildman–Crippen LogP) is -7.16. The average molecular weight is 1290 g/mol. The zero-order chi connectivity index (χ0) is 65.5. The monoisotopic (exact) mass is 1290 g/mol. The van der Waals surface area contributed by atoms with Crippen LogP contribution in [0, 0.1) is 5.92 Å². The molecule has 1 aromatic heterocycles. The fourth-order valence-corrected chi connectivity index (χ4v) is 11.0. The van der Waals surface area contributed by atoms with Gasteiger partial charge in [0.15, 0.2) is 23.5 Å². The van der Waals surface area contributed by atoms with Crippen LogP contribution in [-0.2, 0) is 44.0 Å². The number of primary amides is 2. The van der Waals surface area contributed by atoms with Gasteiger partial charge in [-0.3, -0.25) is 43.3 Å². The molecule has 15 atom stereocenters. The van der Waals surface area contributed by atoms with Crippen LogP contribution >= 0.6 is 0 Å². The van der Waals surface area contributed by atoms with E-state index < -0.39 is 198 Å². The molecule has 16 N–H and O–H groups in total. The summed E-state index contributed by atoms with van der Waals surface area (Å²) in [5.41, 5.74) is 11.7. The number of unbranched alkanes of at least 4 members (excludes halogenated alkanes) is 2. The number of ether oxygens (including phenoxy) is 1. The Hall–Kier alpha value is -7.38. The van der Waals surface area contributed by atoms with E-state index in [1.54, 1.807) is 30.3 Å². The van der Waals surface area contributed by atoms with Crippen LogP contribution in [0.15, 0.2) is 77.3 Å². The zero-order valence-electron chi connectivity index (χ0n) is 49.0. The summed E-state index contributed by atoms with van der Waals surface area (Å²) in [6.45, 7) is 3.97. The normalized spacial score (nSPS) is 23.0. The summed E-state index contributed by atoms with van der Waals surface area (Å²) in [5.74, 6) is -12.3. The number of nitrogens with one attached hydrogen (secondary N) is 3. The molecule has 0 saturated carbocycles. The number of rotatable bonds is 26. The van der Waals surface area contributed by atoms with Gasteiger partial charge in [-0.15, -0.1) is 0 Å². The topological polar surface area (TPSA) is 518 Å². The van der Waals surface area contributed by atoms with E-state index in [2.05, 4.69) is 26.9 Å². The van der Waals surface area contributed by atoms with E-state index in [0.717, 1.165) is 32.3 Å². The molecule has 3 saturated heterocycles. The third-order valence-corrected chi connectivity index (χ3v) is 15.8. The number of aromatic hydroxyl groups is 1. The third kappa shape index (κ3) is 17.0. The predicted molar refractivity (Wildman–Crippen MR) is 302 cm³/mol. The molecule has 0 radical (unpaired) electrons. The molecule has 3 aromatic carbocycles. The number of hydrogen-bond donors (Lipinski definition) is 14. The number of aliphatic hydroxyl groups is 8. The summed E-state index contributed by atoms with van der Waals surface area (Å²) in [4.78, 5) is 113. The number of aromatic nitrogens is 1. The molecule has 0 aliphatic carbocycles. The summed E-state index contributed by atoms with van der Waals surface area (Å²) in [6, 6.07) is 4.25. The molecular weight excluding hydrogens is 1220 g/mol. The van der Waals surface area contributed by atoms with E-state index in [-0.39, 0.29) is 35.1 Å². The van der Waals surface area contributed by atoms with Crippen LogP contribution in [0.3, 0.4) is 0 Å². The summed E-state index contributed by atoms with van der Waals surface area (Å²) in [6.07, 6.45) is -15.5. The molecule has 484 valence electrons. The van der Waals surface area contributed by atoms with Crippen molar-refractivity contribution in [3.63, 3.8) is 0 Å². The van der Waals surface area contributed by atoms with Crippen LogP contribution in [0.25, 0.3) is 22.6 Å². The number of phenolic OH excluding ortho intramolecular Hbond substituents is 1. The maximum atomic E-state index is 14.5. The van der Waals surface area contributed by atoms with Crippen molar-refractivity contribution in [2.75, 3.05) is 19.7 Å². The number of β-amino-alcohol motifs (C(OH)–C–C–N with tert-alkyl or cyclic N) is 1. The van der Waals surface area contributed by atoms with Gasteiger partial charge in [0, 0.05) is 54.6 Å². The summed E-state index contributed by atoms with van der Waals surface area (Å²) in [5, 5.41) is 110. The first-order valence-electron chi connectivity index (χ1n) is 28.1. The van der Waals surface area contributed by atoms with Crippen molar-refractivity contribution in [3.8, 4) is 39.8 Å². The molecule has 3 fully saturated rings. The molecule has 90 heavy (non-hydrogen) atoms. The molecule has 3 aliphatic heterocycles. The minimum atomic E-state index is -5.60. The van der Waals surface area contributed by atoms with Gasteiger partial charge in [0.05, 0.1) is 37.4 Å². The molecule has 0 bridgehead atoms. The Kier molecular flexibility index (Phi) is 24.4. The number of amides is 8. The van der Waals surface area contributed by atoms with Crippen molar-refractivity contribution < 1.29 is 140 Å². The summed E-state index contributed by atoms with van der Waals surface area (Å²) in [7, 11) is -5.60. The number of benzene rings is 3. The zero-order valence-corrected chi connectivity index (χ0v) is 51.9. The van der Waals surface area contributed by atoms with E-state index in [1.165, 1.54) is 31.2 Å². The van der Waals surface area contributed by atoms with Gasteiger partial charge < -0.3 is 101 Å². The van der Waals surface area contributed by atoms with E-state index in [9.17, 15) is 97.3 Å². The molecule has 8 amide bonds. The summed E-state index contributed by atoms with van der Waals surface area (Å²) < 4.78 is 49.9. The first kappa shape index (κ1) is 71.7.